The predicted octanol–water partition coefficient (Wildman–Crippen LogP) is 3.40. The molecule has 0 aliphatic carbocycles. The molecule has 0 unspecified atom stereocenters. The van der Waals surface area contributed by atoms with E-state index in [0.29, 0.717) is 16.7 Å². The number of methoxy groups -OCH3 is 1. The Kier molecular flexibility index (Phi) is 3.13. The van der Waals surface area contributed by atoms with Crippen molar-refractivity contribution < 1.29 is 14.4 Å². The van der Waals surface area contributed by atoms with E-state index < -0.39 is 0 Å². The van der Waals surface area contributed by atoms with E-state index >= 15 is 0 Å². The summed E-state index contributed by atoms with van der Waals surface area (Å²) < 4.78 is 11.0. The summed E-state index contributed by atoms with van der Waals surface area (Å²) in [4.78, 5) is 0. The van der Waals surface area contributed by atoms with Crippen LogP contribution in [-0.4, -0.2) is 12.3 Å². The lowest BCUT2D eigenvalue weighted by molar-refractivity contribution is 0.302. The quantitative estimate of drug-likeness (QED) is 0.572. The Morgan fingerprint density at radius 3 is 2.50 bits per heavy atom. The van der Waals surface area contributed by atoms with Crippen molar-refractivity contribution in [2.45, 2.75) is 0 Å². The van der Waals surface area contributed by atoms with Crippen LogP contribution in [0.3, 0.4) is 0 Å². The molecule has 4 nitrogen and oxygen atoms in total. The maximum Gasteiger partial charge on any atom is 0.136 e. The summed E-state index contributed by atoms with van der Waals surface area (Å²) in [6, 6.07) is 16.7. The highest BCUT2D eigenvalue weighted by Crippen LogP contribution is 2.24. The fourth-order valence-electron chi connectivity index (χ4n) is 2.10. The Bertz CT molecular complexity index is 804. The van der Waals surface area contributed by atoms with E-state index in [-0.39, 0.29) is 0 Å². The second kappa shape index (κ2) is 5.09. The van der Waals surface area contributed by atoms with Crippen molar-refractivity contribution in [1.29, 1.82) is 0 Å². The number of ether oxygens (including phenoxy) is 1. The summed E-state index contributed by atoms with van der Waals surface area (Å²) in [7, 11) is 1.62. The van der Waals surface area contributed by atoms with Gasteiger partial charge in [-0.05, 0) is 36.4 Å². The molecule has 2 aromatic carbocycles. The number of para-hydroxylation sites is 1. The molecule has 0 saturated carbocycles. The molecule has 1 heterocycles. The standard InChI is InChI=1S/C16H13NO3/c1-19-12-8-6-11(7-9-12)16-10-14(17-18)13-4-2-3-5-15(13)20-16/h2-10,18H,1H3/b17-14-. The minimum Gasteiger partial charge on any atom is -0.497 e. The van der Waals surface area contributed by atoms with Crippen molar-refractivity contribution in [3.8, 4) is 17.1 Å². The first-order chi connectivity index (χ1) is 9.81. The first kappa shape index (κ1) is 12.3. The molecule has 4 heteroatoms. The number of hydrogen-bond acceptors (Lipinski definition) is 4. The number of nitrogens with zero attached hydrogens (tertiary/aromatic N) is 1. The second-order valence-electron chi connectivity index (χ2n) is 4.32. The van der Waals surface area contributed by atoms with Gasteiger partial charge in [-0.25, -0.2) is 0 Å². The van der Waals surface area contributed by atoms with Gasteiger partial charge in [-0.3, -0.25) is 0 Å². The van der Waals surface area contributed by atoms with E-state index in [4.69, 9.17) is 14.4 Å². The zero-order valence-electron chi connectivity index (χ0n) is 10.9. The van der Waals surface area contributed by atoms with E-state index in [9.17, 15) is 0 Å². The van der Waals surface area contributed by atoms with E-state index in [1.54, 1.807) is 13.2 Å². The van der Waals surface area contributed by atoms with Gasteiger partial charge in [0.2, 0.25) is 0 Å². The van der Waals surface area contributed by atoms with E-state index in [1.807, 2.05) is 48.5 Å². The van der Waals surface area contributed by atoms with Crippen LogP contribution in [0.2, 0.25) is 0 Å². The van der Waals surface area contributed by atoms with Crippen LogP contribution in [0.4, 0.5) is 0 Å². The lowest BCUT2D eigenvalue weighted by Crippen LogP contribution is -2.02. The summed E-state index contributed by atoms with van der Waals surface area (Å²) in [5, 5.41) is 13.7. The Morgan fingerprint density at radius 2 is 1.80 bits per heavy atom. The topological polar surface area (TPSA) is 55.0 Å². The van der Waals surface area contributed by atoms with Gasteiger partial charge in [0.15, 0.2) is 0 Å². The third-order valence-electron chi connectivity index (χ3n) is 3.13. The Hall–Kier alpha value is -2.75. The molecule has 1 N–H and O–H groups in total. The van der Waals surface area contributed by atoms with E-state index in [2.05, 4.69) is 5.16 Å². The zero-order valence-corrected chi connectivity index (χ0v) is 10.9. The van der Waals surface area contributed by atoms with Gasteiger partial charge in [0.1, 0.15) is 22.5 Å². The molecule has 0 radical (unpaired) electrons. The van der Waals surface area contributed by atoms with Crippen LogP contribution >= 0.6 is 0 Å². The van der Waals surface area contributed by atoms with Crippen molar-refractivity contribution in [3.63, 3.8) is 0 Å². The van der Waals surface area contributed by atoms with Crippen LogP contribution in [0.25, 0.3) is 22.3 Å². The fraction of sp³-hybridized carbons (Fsp3) is 0.0625. The lowest BCUT2D eigenvalue weighted by Gasteiger charge is -2.05. The van der Waals surface area contributed by atoms with Crippen molar-refractivity contribution in [2.24, 2.45) is 5.16 Å². The molecule has 100 valence electrons. The predicted molar refractivity (Wildman–Crippen MR) is 75.6 cm³/mol. The first-order valence-electron chi connectivity index (χ1n) is 6.17. The van der Waals surface area contributed by atoms with Gasteiger partial charge in [-0.1, -0.05) is 17.3 Å². The van der Waals surface area contributed by atoms with Gasteiger partial charge in [0.25, 0.3) is 0 Å². The van der Waals surface area contributed by atoms with Gasteiger partial charge >= 0.3 is 0 Å². The highest BCUT2D eigenvalue weighted by atomic mass is 16.5. The summed E-state index contributed by atoms with van der Waals surface area (Å²) in [6.45, 7) is 0. The van der Waals surface area contributed by atoms with Gasteiger partial charge in [0, 0.05) is 17.0 Å². The molecule has 0 atom stereocenters. The van der Waals surface area contributed by atoms with Crippen LogP contribution in [0.1, 0.15) is 0 Å². The molecule has 0 aliphatic rings. The van der Waals surface area contributed by atoms with Crippen LogP contribution < -0.4 is 10.1 Å². The highest BCUT2D eigenvalue weighted by molar-refractivity contribution is 5.78. The third-order valence-corrected chi connectivity index (χ3v) is 3.13. The summed E-state index contributed by atoms with van der Waals surface area (Å²) in [5.41, 5.74) is 1.56. The molecule has 0 saturated heterocycles. The Balaban J connectivity index is 2.21. The molecule has 1 aromatic heterocycles. The number of hydrogen-bond donors (Lipinski definition) is 1. The largest absolute Gasteiger partial charge is 0.497 e. The van der Waals surface area contributed by atoms with Crippen LogP contribution in [0.15, 0.2) is 64.2 Å². The average Bonchev–Trinajstić information content (AvgIpc) is 2.54. The lowest BCUT2D eigenvalue weighted by atomic mass is 10.1. The Morgan fingerprint density at radius 1 is 1.05 bits per heavy atom. The highest BCUT2D eigenvalue weighted by Gasteiger charge is 2.06. The van der Waals surface area contributed by atoms with Crippen molar-refractivity contribution in [3.05, 3.63) is 60.0 Å². The van der Waals surface area contributed by atoms with Gasteiger partial charge in [-0.15, -0.1) is 0 Å². The summed E-state index contributed by atoms with van der Waals surface area (Å²) in [6.07, 6.45) is 0. The third kappa shape index (κ3) is 2.12. The SMILES string of the molecule is COc1ccc(-c2c/c(=N/O)c3ccccc3o2)cc1. The molecule has 0 spiro atoms. The maximum atomic E-state index is 9.15. The van der Waals surface area contributed by atoms with E-state index in [0.717, 1.165) is 16.7 Å². The van der Waals surface area contributed by atoms with Gasteiger partial charge < -0.3 is 14.4 Å². The second-order valence-corrected chi connectivity index (χ2v) is 4.32. The van der Waals surface area contributed by atoms with Crippen molar-refractivity contribution >= 4 is 11.0 Å². The maximum absolute atomic E-state index is 9.15. The molecule has 3 aromatic rings. The number of fused-ring (bicyclic) bond motifs is 1. The molecule has 0 bridgehead atoms. The average molecular weight is 267 g/mol. The molecule has 0 amide bonds. The Labute approximate surface area is 115 Å². The molecular formula is C16H13NO3. The molecule has 0 aliphatic heterocycles. The molecular weight excluding hydrogens is 254 g/mol. The monoisotopic (exact) mass is 267 g/mol. The zero-order chi connectivity index (χ0) is 13.9. The van der Waals surface area contributed by atoms with Gasteiger partial charge in [-0.2, -0.15) is 0 Å². The van der Waals surface area contributed by atoms with E-state index in [1.165, 1.54) is 0 Å². The summed E-state index contributed by atoms with van der Waals surface area (Å²) in [5.74, 6) is 1.42. The molecule has 3 rings (SSSR count). The van der Waals surface area contributed by atoms with Crippen molar-refractivity contribution in [1.82, 2.24) is 0 Å². The normalized spacial score (nSPS) is 11.8. The number of benzene rings is 2. The van der Waals surface area contributed by atoms with Crippen LogP contribution in [0.5, 0.6) is 5.75 Å². The van der Waals surface area contributed by atoms with Crippen molar-refractivity contribution in [2.75, 3.05) is 7.11 Å². The minimum absolute atomic E-state index is 0.484. The molecule has 0 fully saturated rings. The smallest absolute Gasteiger partial charge is 0.136 e. The minimum atomic E-state index is 0.484. The van der Waals surface area contributed by atoms with Gasteiger partial charge in [0.05, 0.1) is 7.11 Å². The first-order valence-corrected chi connectivity index (χ1v) is 6.17. The molecule has 20 heavy (non-hydrogen) atoms. The number of rotatable bonds is 2. The van der Waals surface area contributed by atoms with Crippen LogP contribution in [-0.2, 0) is 0 Å². The van der Waals surface area contributed by atoms with Crippen LogP contribution in [0, 0.1) is 0 Å². The summed E-state index contributed by atoms with van der Waals surface area (Å²) >= 11 is 0. The fourth-order valence-corrected chi connectivity index (χ4v) is 2.10.